The first-order valence-electron chi connectivity index (χ1n) is 24.2. The van der Waals surface area contributed by atoms with Crippen molar-refractivity contribution in [3.05, 3.63) is 85.1 Å². The van der Waals surface area contributed by atoms with Gasteiger partial charge >= 0.3 is 17.9 Å². The van der Waals surface area contributed by atoms with Crippen molar-refractivity contribution in [1.29, 1.82) is 0 Å². The van der Waals surface area contributed by atoms with Crippen LogP contribution in [-0.4, -0.2) is 37.2 Å². The van der Waals surface area contributed by atoms with Gasteiger partial charge in [-0.2, -0.15) is 0 Å². The summed E-state index contributed by atoms with van der Waals surface area (Å²) < 4.78 is 16.7. The number of rotatable bonds is 42. The molecule has 0 saturated heterocycles. The summed E-state index contributed by atoms with van der Waals surface area (Å²) in [5.41, 5.74) is 0. The molecule has 1 unspecified atom stereocenters. The van der Waals surface area contributed by atoms with Crippen LogP contribution in [0.15, 0.2) is 85.1 Å². The molecule has 0 aliphatic heterocycles. The van der Waals surface area contributed by atoms with Gasteiger partial charge in [0.25, 0.3) is 0 Å². The molecule has 0 bridgehead atoms. The maximum Gasteiger partial charge on any atom is 0.306 e. The van der Waals surface area contributed by atoms with Crippen LogP contribution in [0.4, 0.5) is 0 Å². The van der Waals surface area contributed by atoms with Gasteiger partial charge in [0.2, 0.25) is 0 Å². The van der Waals surface area contributed by atoms with Gasteiger partial charge in [-0.25, -0.2) is 0 Å². The molecule has 0 amide bonds. The molecule has 0 saturated carbocycles. The highest BCUT2D eigenvalue weighted by Crippen LogP contribution is 2.13. The molecule has 336 valence electrons. The molecule has 0 aliphatic rings. The highest BCUT2D eigenvalue weighted by atomic mass is 16.6. The molecule has 0 spiro atoms. The summed E-state index contributed by atoms with van der Waals surface area (Å²) in [6, 6.07) is 0. The van der Waals surface area contributed by atoms with Crippen LogP contribution in [-0.2, 0) is 28.6 Å². The van der Waals surface area contributed by atoms with Gasteiger partial charge in [0.1, 0.15) is 13.2 Å². The molecule has 0 aromatic heterocycles. The summed E-state index contributed by atoms with van der Waals surface area (Å²) in [4.78, 5) is 37.8. The maximum absolute atomic E-state index is 12.7. The standard InChI is InChI=1S/C53H88O6/c1-4-7-10-13-16-19-22-24-25-26-27-28-29-32-34-37-40-43-46-52(55)58-49-50(48-57-51(54)45-42-39-36-33-30-21-18-15-12-9-6-3)59-53(56)47-44-41-38-35-31-23-20-17-14-11-8-5-2/h10,13,15-20,22,24-28,50H,4-9,11-12,14,21,23,29-49H2,1-3H3/b13-10-,18-15-,19-16-,20-17-,24-22-,26-25-,28-27-. The second-order valence-electron chi connectivity index (χ2n) is 15.8. The number of hydrogen-bond acceptors (Lipinski definition) is 6. The number of unbranched alkanes of at least 4 members (excludes halogenated alkanes) is 21. The molecule has 0 rings (SSSR count). The van der Waals surface area contributed by atoms with E-state index >= 15 is 0 Å². The Hall–Kier alpha value is -3.41. The summed E-state index contributed by atoms with van der Waals surface area (Å²) in [5, 5.41) is 0. The van der Waals surface area contributed by atoms with Gasteiger partial charge in [0, 0.05) is 19.3 Å². The zero-order valence-electron chi connectivity index (χ0n) is 38.2. The van der Waals surface area contributed by atoms with E-state index in [9.17, 15) is 14.4 Å². The first-order valence-corrected chi connectivity index (χ1v) is 24.2. The Morgan fingerprint density at radius 1 is 0.339 bits per heavy atom. The SMILES string of the molecule is CCC\C=C/C=C\C=C/C=C\C=C/CCCCCCCC(=O)OCC(COC(=O)CCCCCCC/C=C\CCCC)OC(=O)CCCCCCC/C=C\CCCCC. The maximum atomic E-state index is 12.7. The Morgan fingerprint density at radius 2 is 0.678 bits per heavy atom. The van der Waals surface area contributed by atoms with Crippen LogP contribution in [0, 0.1) is 0 Å². The number of hydrogen-bond donors (Lipinski definition) is 0. The van der Waals surface area contributed by atoms with E-state index in [1.165, 1.54) is 64.2 Å². The Bertz CT molecular complexity index is 1170. The van der Waals surface area contributed by atoms with Crippen LogP contribution >= 0.6 is 0 Å². The Labute approximate surface area is 363 Å². The molecular formula is C53H88O6. The largest absolute Gasteiger partial charge is 0.462 e. The van der Waals surface area contributed by atoms with Gasteiger partial charge in [0.15, 0.2) is 6.10 Å². The van der Waals surface area contributed by atoms with Crippen molar-refractivity contribution in [2.75, 3.05) is 13.2 Å². The number of esters is 3. The van der Waals surface area contributed by atoms with E-state index in [4.69, 9.17) is 14.2 Å². The molecule has 6 nitrogen and oxygen atoms in total. The van der Waals surface area contributed by atoms with Crippen molar-refractivity contribution in [2.24, 2.45) is 0 Å². The molecule has 0 aromatic carbocycles. The lowest BCUT2D eigenvalue weighted by Crippen LogP contribution is -2.30. The molecular weight excluding hydrogens is 733 g/mol. The summed E-state index contributed by atoms with van der Waals surface area (Å²) in [6.45, 7) is 6.43. The lowest BCUT2D eigenvalue weighted by Gasteiger charge is -2.18. The van der Waals surface area contributed by atoms with E-state index in [2.05, 4.69) is 75.5 Å². The van der Waals surface area contributed by atoms with Crippen molar-refractivity contribution >= 4 is 17.9 Å². The van der Waals surface area contributed by atoms with Gasteiger partial charge in [-0.1, -0.05) is 196 Å². The molecule has 0 aromatic rings. The summed E-state index contributed by atoms with van der Waals surface area (Å²) >= 11 is 0. The van der Waals surface area contributed by atoms with Crippen LogP contribution in [0.5, 0.6) is 0 Å². The van der Waals surface area contributed by atoms with E-state index < -0.39 is 6.10 Å². The van der Waals surface area contributed by atoms with Crippen molar-refractivity contribution in [3.8, 4) is 0 Å². The van der Waals surface area contributed by atoms with E-state index in [1.807, 2.05) is 30.4 Å². The topological polar surface area (TPSA) is 78.9 Å². The molecule has 0 heterocycles. The number of allylic oxidation sites excluding steroid dienone is 14. The minimum absolute atomic E-state index is 0.0938. The third-order valence-electron chi connectivity index (χ3n) is 9.95. The molecule has 0 fully saturated rings. The molecule has 6 heteroatoms. The van der Waals surface area contributed by atoms with Crippen LogP contribution in [0.3, 0.4) is 0 Å². The molecule has 0 radical (unpaired) electrons. The molecule has 59 heavy (non-hydrogen) atoms. The summed E-state index contributed by atoms with van der Waals surface area (Å²) in [7, 11) is 0. The van der Waals surface area contributed by atoms with Crippen LogP contribution < -0.4 is 0 Å². The Morgan fingerprint density at radius 3 is 1.12 bits per heavy atom. The van der Waals surface area contributed by atoms with Gasteiger partial charge in [-0.3, -0.25) is 14.4 Å². The average Bonchev–Trinajstić information content (AvgIpc) is 3.23. The average molecular weight is 821 g/mol. The first kappa shape index (κ1) is 55.6. The van der Waals surface area contributed by atoms with Crippen molar-refractivity contribution in [2.45, 2.75) is 219 Å². The quantitative estimate of drug-likeness (QED) is 0.0201. The zero-order chi connectivity index (χ0) is 43.0. The third-order valence-corrected chi connectivity index (χ3v) is 9.95. The predicted molar refractivity (Wildman–Crippen MR) is 251 cm³/mol. The fraction of sp³-hybridized carbons (Fsp3) is 0.679. The van der Waals surface area contributed by atoms with E-state index in [0.717, 1.165) is 109 Å². The predicted octanol–water partition coefficient (Wildman–Crippen LogP) is 15.6. The number of ether oxygens (including phenoxy) is 3. The second kappa shape index (κ2) is 47.3. The highest BCUT2D eigenvalue weighted by Gasteiger charge is 2.19. The number of carbonyl (C=O) groups is 3. The fourth-order valence-corrected chi connectivity index (χ4v) is 6.27. The number of carbonyl (C=O) groups excluding carboxylic acids is 3. The van der Waals surface area contributed by atoms with Crippen LogP contribution in [0.1, 0.15) is 213 Å². The van der Waals surface area contributed by atoms with Gasteiger partial charge < -0.3 is 14.2 Å². The Kier molecular flexibility index (Phi) is 44.5. The van der Waals surface area contributed by atoms with E-state index in [1.54, 1.807) is 0 Å². The normalized spacial score (nSPS) is 12.8. The van der Waals surface area contributed by atoms with Crippen LogP contribution in [0.25, 0.3) is 0 Å². The third kappa shape index (κ3) is 45.5. The smallest absolute Gasteiger partial charge is 0.306 e. The summed E-state index contributed by atoms with van der Waals surface area (Å²) in [5.74, 6) is -0.943. The highest BCUT2D eigenvalue weighted by molar-refractivity contribution is 5.71. The molecule has 0 N–H and O–H groups in total. The lowest BCUT2D eigenvalue weighted by atomic mass is 10.1. The van der Waals surface area contributed by atoms with Crippen molar-refractivity contribution in [1.82, 2.24) is 0 Å². The first-order chi connectivity index (χ1) is 29.0. The van der Waals surface area contributed by atoms with E-state index in [0.29, 0.717) is 19.3 Å². The van der Waals surface area contributed by atoms with Crippen LogP contribution in [0.2, 0.25) is 0 Å². The minimum Gasteiger partial charge on any atom is -0.462 e. The van der Waals surface area contributed by atoms with Gasteiger partial charge in [-0.05, 0) is 83.5 Å². The Balaban J connectivity index is 4.45. The monoisotopic (exact) mass is 821 g/mol. The van der Waals surface area contributed by atoms with E-state index in [-0.39, 0.29) is 31.1 Å². The van der Waals surface area contributed by atoms with Gasteiger partial charge in [0.05, 0.1) is 0 Å². The molecule has 1 atom stereocenters. The van der Waals surface area contributed by atoms with Crippen molar-refractivity contribution < 1.29 is 28.6 Å². The van der Waals surface area contributed by atoms with Crippen molar-refractivity contribution in [3.63, 3.8) is 0 Å². The second-order valence-corrected chi connectivity index (χ2v) is 15.8. The van der Waals surface area contributed by atoms with Gasteiger partial charge in [-0.15, -0.1) is 0 Å². The lowest BCUT2D eigenvalue weighted by molar-refractivity contribution is -0.167. The fourth-order valence-electron chi connectivity index (χ4n) is 6.27. The summed E-state index contributed by atoms with van der Waals surface area (Å²) in [6.07, 6.45) is 59.8. The zero-order valence-corrected chi connectivity index (χ0v) is 38.2. The molecule has 0 aliphatic carbocycles. The minimum atomic E-state index is -0.793.